The molecular formula is C8H6F2O3. The third kappa shape index (κ3) is 1.93. The van der Waals surface area contributed by atoms with Gasteiger partial charge in [0.2, 0.25) is 5.78 Å². The Labute approximate surface area is 72.2 Å². The molecule has 2 N–H and O–H groups in total. The first-order valence-corrected chi connectivity index (χ1v) is 3.36. The van der Waals surface area contributed by atoms with Crippen LogP contribution in [-0.4, -0.2) is 22.4 Å². The van der Waals surface area contributed by atoms with Gasteiger partial charge in [-0.15, -0.1) is 0 Å². The summed E-state index contributed by atoms with van der Waals surface area (Å²) in [5.74, 6) is -2.42. The van der Waals surface area contributed by atoms with Gasteiger partial charge in [-0.2, -0.15) is 0 Å². The number of Topliss-reactive ketones (excluding diaryl/α,β-unsaturated/α-hetero) is 1. The van der Waals surface area contributed by atoms with E-state index in [1.165, 1.54) is 0 Å². The van der Waals surface area contributed by atoms with Crippen LogP contribution in [0.25, 0.3) is 0 Å². The van der Waals surface area contributed by atoms with Crippen LogP contribution in [0.15, 0.2) is 18.2 Å². The van der Waals surface area contributed by atoms with E-state index in [1.807, 2.05) is 0 Å². The molecule has 1 aromatic rings. The number of phenols is 2. The van der Waals surface area contributed by atoms with Crippen molar-refractivity contribution in [2.24, 2.45) is 0 Å². The Hall–Kier alpha value is -1.65. The maximum atomic E-state index is 11.9. The van der Waals surface area contributed by atoms with Crippen LogP contribution in [0.3, 0.4) is 0 Å². The molecule has 0 spiro atoms. The van der Waals surface area contributed by atoms with Crippen molar-refractivity contribution < 1.29 is 23.8 Å². The molecular weight excluding hydrogens is 182 g/mol. The zero-order valence-electron chi connectivity index (χ0n) is 6.37. The van der Waals surface area contributed by atoms with Gasteiger partial charge < -0.3 is 10.2 Å². The summed E-state index contributed by atoms with van der Waals surface area (Å²) < 4.78 is 23.8. The van der Waals surface area contributed by atoms with Crippen molar-refractivity contribution in [3.8, 4) is 11.5 Å². The minimum atomic E-state index is -3.19. The number of benzene rings is 1. The molecule has 0 saturated heterocycles. The molecule has 0 aromatic heterocycles. The molecule has 0 atom stereocenters. The van der Waals surface area contributed by atoms with Crippen LogP contribution < -0.4 is 0 Å². The van der Waals surface area contributed by atoms with Crippen LogP contribution in [-0.2, 0) is 0 Å². The van der Waals surface area contributed by atoms with Gasteiger partial charge in [-0.1, -0.05) is 0 Å². The Morgan fingerprint density at radius 3 is 2.46 bits per heavy atom. The van der Waals surface area contributed by atoms with E-state index in [0.717, 1.165) is 18.2 Å². The van der Waals surface area contributed by atoms with Gasteiger partial charge in [0.25, 0.3) is 0 Å². The maximum absolute atomic E-state index is 11.9. The summed E-state index contributed by atoms with van der Waals surface area (Å²) >= 11 is 0. The smallest absolute Gasteiger partial charge is 0.300 e. The van der Waals surface area contributed by atoms with E-state index < -0.39 is 23.5 Å². The lowest BCUT2D eigenvalue weighted by molar-refractivity contribution is 0.0675. The molecule has 0 amide bonds. The first-order valence-electron chi connectivity index (χ1n) is 3.36. The number of carbonyl (C=O) groups is 1. The van der Waals surface area contributed by atoms with Crippen LogP contribution in [0.4, 0.5) is 8.78 Å². The highest BCUT2D eigenvalue weighted by Crippen LogP contribution is 2.24. The van der Waals surface area contributed by atoms with Crippen LogP contribution in [0, 0.1) is 0 Å². The molecule has 3 nitrogen and oxygen atoms in total. The van der Waals surface area contributed by atoms with Crippen molar-refractivity contribution in [2.75, 3.05) is 0 Å². The van der Waals surface area contributed by atoms with E-state index in [9.17, 15) is 13.6 Å². The van der Waals surface area contributed by atoms with E-state index in [2.05, 4.69) is 0 Å². The topological polar surface area (TPSA) is 57.5 Å². The quantitative estimate of drug-likeness (QED) is 0.546. The molecule has 0 bridgehead atoms. The summed E-state index contributed by atoms with van der Waals surface area (Å²) in [6.07, 6.45) is -3.19. The molecule has 0 heterocycles. The minimum absolute atomic E-state index is 0.346. The summed E-state index contributed by atoms with van der Waals surface area (Å²) in [6, 6.07) is 2.87. The average Bonchev–Trinajstić information content (AvgIpc) is 2.08. The van der Waals surface area contributed by atoms with E-state index in [-0.39, 0.29) is 5.75 Å². The Morgan fingerprint density at radius 2 is 1.92 bits per heavy atom. The molecule has 0 aliphatic carbocycles. The monoisotopic (exact) mass is 188 g/mol. The van der Waals surface area contributed by atoms with Gasteiger partial charge in [-0.25, -0.2) is 8.78 Å². The highest BCUT2D eigenvalue weighted by atomic mass is 19.3. The van der Waals surface area contributed by atoms with E-state index in [1.54, 1.807) is 0 Å². The predicted molar refractivity (Wildman–Crippen MR) is 40.1 cm³/mol. The van der Waals surface area contributed by atoms with Gasteiger partial charge in [0, 0.05) is 0 Å². The van der Waals surface area contributed by atoms with Crippen LogP contribution in [0.5, 0.6) is 11.5 Å². The van der Waals surface area contributed by atoms with Gasteiger partial charge >= 0.3 is 6.43 Å². The number of carbonyl (C=O) groups excluding carboxylic acids is 1. The van der Waals surface area contributed by atoms with Crippen LogP contribution in [0.1, 0.15) is 10.4 Å². The van der Waals surface area contributed by atoms with Crippen molar-refractivity contribution in [3.05, 3.63) is 23.8 Å². The minimum Gasteiger partial charge on any atom is -0.508 e. The van der Waals surface area contributed by atoms with Crippen LogP contribution >= 0.6 is 0 Å². The van der Waals surface area contributed by atoms with Gasteiger partial charge in [0.15, 0.2) is 0 Å². The summed E-state index contributed by atoms with van der Waals surface area (Å²) in [5, 5.41) is 17.8. The molecule has 0 aliphatic heterocycles. The van der Waals surface area contributed by atoms with Crippen molar-refractivity contribution in [1.82, 2.24) is 0 Å². The molecule has 0 saturated carbocycles. The summed E-state index contributed by atoms with van der Waals surface area (Å²) in [7, 11) is 0. The number of aromatic hydroxyl groups is 2. The van der Waals surface area contributed by atoms with E-state index in [0.29, 0.717) is 0 Å². The number of hydrogen-bond acceptors (Lipinski definition) is 3. The maximum Gasteiger partial charge on any atom is 0.300 e. The van der Waals surface area contributed by atoms with Gasteiger partial charge in [0.05, 0.1) is 5.56 Å². The number of phenolic OH excluding ortho intramolecular Hbond substituents is 2. The fourth-order valence-electron chi connectivity index (χ4n) is 0.839. The van der Waals surface area contributed by atoms with Crippen molar-refractivity contribution in [3.63, 3.8) is 0 Å². The van der Waals surface area contributed by atoms with Gasteiger partial charge in [-0.3, -0.25) is 4.79 Å². The Kier molecular flexibility index (Phi) is 2.46. The van der Waals surface area contributed by atoms with Crippen molar-refractivity contribution >= 4 is 5.78 Å². The SMILES string of the molecule is O=C(c1cc(O)ccc1O)C(F)F. The zero-order chi connectivity index (χ0) is 10.0. The summed E-state index contributed by atoms with van der Waals surface area (Å²) in [5.41, 5.74) is -0.574. The standard InChI is InChI=1S/C8H6F2O3/c9-8(10)7(13)5-3-4(11)1-2-6(5)12/h1-3,8,11-12H. The molecule has 0 unspecified atom stereocenters. The van der Waals surface area contributed by atoms with Crippen molar-refractivity contribution in [1.29, 1.82) is 0 Å². The van der Waals surface area contributed by atoms with Gasteiger partial charge in [0.1, 0.15) is 11.5 Å². The largest absolute Gasteiger partial charge is 0.508 e. The molecule has 5 heteroatoms. The van der Waals surface area contributed by atoms with E-state index >= 15 is 0 Å². The predicted octanol–water partition coefficient (Wildman–Crippen LogP) is 1.55. The summed E-state index contributed by atoms with van der Waals surface area (Å²) in [6.45, 7) is 0. The first kappa shape index (κ1) is 9.44. The lowest BCUT2D eigenvalue weighted by Gasteiger charge is -2.02. The Morgan fingerprint density at radius 1 is 1.31 bits per heavy atom. The fourth-order valence-corrected chi connectivity index (χ4v) is 0.839. The van der Waals surface area contributed by atoms with Crippen molar-refractivity contribution in [2.45, 2.75) is 6.43 Å². The van der Waals surface area contributed by atoms with Gasteiger partial charge in [-0.05, 0) is 18.2 Å². The number of halogens is 2. The molecule has 1 aromatic carbocycles. The number of ketones is 1. The second-order valence-electron chi connectivity index (χ2n) is 2.37. The number of rotatable bonds is 2. The third-order valence-corrected chi connectivity index (χ3v) is 1.44. The zero-order valence-corrected chi connectivity index (χ0v) is 6.37. The molecule has 1 rings (SSSR count). The number of alkyl halides is 2. The van der Waals surface area contributed by atoms with Crippen LogP contribution in [0.2, 0.25) is 0 Å². The molecule has 0 radical (unpaired) electrons. The first-order chi connectivity index (χ1) is 6.02. The normalized spacial score (nSPS) is 10.4. The van der Waals surface area contributed by atoms with E-state index in [4.69, 9.17) is 10.2 Å². The molecule has 70 valence electrons. The summed E-state index contributed by atoms with van der Waals surface area (Å²) in [4.78, 5) is 10.7. The average molecular weight is 188 g/mol. The molecule has 0 fully saturated rings. The lowest BCUT2D eigenvalue weighted by atomic mass is 10.1. The Balaban J connectivity index is 3.13. The third-order valence-electron chi connectivity index (χ3n) is 1.44. The lowest BCUT2D eigenvalue weighted by Crippen LogP contribution is -2.10. The molecule has 13 heavy (non-hydrogen) atoms. The highest BCUT2D eigenvalue weighted by molar-refractivity contribution is 6.01. The highest BCUT2D eigenvalue weighted by Gasteiger charge is 2.21. The second kappa shape index (κ2) is 3.38. The fraction of sp³-hybridized carbons (Fsp3) is 0.125. The number of hydrogen-bond donors (Lipinski definition) is 2. The molecule has 0 aliphatic rings. The second-order valence-corrected chi connectivity index (χ2v) is 2.37. The Bertz CT molecular complexity index is 336.